The molecule has 4 rings (SSSR count). The number of carboxylic acids is 1. The number of aliphatic imine (C=N–C) groups is 1. The Balaban J connectivity index is 1.51. The number of furan rings is 1. The van der Waals surface area contributed by atoms with Crippen LogP contribution in [-0.4, -0.2) is 58.7 Å². The van der Waals surface area contributed by atoms with Crippen LogP contribution in [0.25, 0.3) is 11.0 Å². The Hall–Kier alpha value is -3.40. The normalized spacial score (nSPS) is 15.1. The number of amides is 2. The molecule has 9 nitrogen and oxygen atoms in total. The molecule has 0 spiro atoms. The van der Waals surface area contributed by atoms with Gasteiger partial charge in [0.25, 0.3) is 11.8 Å². The maximum absolute atomic E-state index is 13.2. The van der Waals surface area contributed by atoms with Crippen LogP contribution >= 0.6 is 23.2 Å². The lowest BCUT2D eigenvalue weighted by Crippen LogP contribution is -2.45. The highest BCUT2D eigenvalue weighted by atomic mass is 35.5. The van der Waals surface area contributed by atoms with Crippen molar-refractivity contribution in [3.63, 3.8) is 0 Å². The van der Waals surface area contributed by atoms with Crippen LogP contribution in [0, 0.1) is 0 Å². The molecular formula is C27H28Cl2N4O5. The third-order valence-corrected chi connectivity index (χ3v) is 7.02. The van der Waals surface area contributed by atoms with Crippen LogP contribution in [0.2, 0.25) is 10.0 Å². The van der Waals surface area contributed by atoms with Crippen molar-refractivity contribution in [3.05, 3.63) is 68.9 Å². The topological polar surface area (TPSA) is 138 Å². The van der Waals surface area contributed by atoms with Gasteiger partial charge in [-0.1, -0.05) is 29.3 Å². The monoisotopic (exact) mass is 558 g/mol. The van der Waals surface area contributed by atoms with Crippen molar-refractivity contribution >= 4 is 58.2 Å². The molecule has 1 aromatic heterocycles. The molecule has 2 heterocycles. The average Bonchev–Trinajstić information content (AvgIpc) is 3.34. The standard InChI is InChI=1S/C27H28Cl2N4O5/c1-14(2)31-12-18(30)11-21(27(36)37)32-25(34)23-20(28)9-17-13-33(7-5-19(17)24(23)29)26(35)16-4-3-15-6-8-38-22(15)10-16/h3-4,6,8-10,12,14,18,21H,5,7,11,13,30H2,1-2H3,(H,32,34)(H,36,37)/b31-12+/t18?,21-/m0/s1. The predicted molar refractivity (Wildman–Crippen MR) is 146 cm³/mol. The van der Waals surface area contributed by atoms with Gasteiger partial charge in [-0.05, 0) is 62.1 Å². The summed E-state index contributed by atoms with van der Waals surface area (Å²) in [6.07, 6.45) is 3.39. The number of carbonyl (C=O) groups is 3. The fourth-order valence-corrected chi connectivity index (χ4v) is 5.14. The Morgan fingerprint density at radius 3 is 2.71 bits per heavy atom. The lowest BCUT2D eigenvalue weighted by molar-refractivity contribution is -0.139. The van der Waals surface area contributed by atoms with Gasteiger partial charge in [-0.2, -0.15) is 0 Å². The number of hydrogen-bond donors (Lipinski definition) is 3. The van der Waals surface area contributed by atoms with E-state index in [-0.39, 0.29) is 40.5 Å². The van der Waals surface area contributed by atoms with Crippen LogP contribution in [0.15, 0.2) is 46.0 Å². The summed E-state index contributed by atoms with van der Waals surface area (Å²) in [4.78, 5) is 43.9. The minimum Gasteiger partial charge on any atom is -0.480 e. The van der Waals surface area contributed by atoms with Gasteiger partial charge in [0, 0.05) is 42.3 Å². The molecule has 2 atom stereocenters. The van der Waals surface area contributed by atoms with E-state index in [4.69, 9.17) is 33.4 Å². The van der Waals surface area contributed by atoms with Gasteiger partial charge >= 0.3 is 5.97 Å². The predicted octanol–water partition coefficient (Wildman–Crippen LogP) is 4.32. The van der Waals surface area contributed by atoms with Gasteiger partial charge in [-0.3, -0.25) is 14.6 Å². The first-order valence-electron chi connectivity index (χ1n) is 12.1. The minimum absolute atomic E-state index is 0.00852. The number of rotatable bonds is 8. The number of aliphatic carboxylic acids is 1. The second-order valence-electron chi connectivity index (χ2n) is 9.49. The van der Waals surface area contributed by atoms with Crippen LogP contribution in [-0.2, 0) is 17.8 Å². The van der Waals surface area contributed by atoms with Crippen molar-refractivity contribution in [3.8, 4) is 0 Å². The van der Waals surface area contributed by atoms with Crippen molar-refractivity contribution in [2.75, 3.05) is 6.54 Å². The van der Waals surface area contributed by atoms with Crippen molar-refractivity contribution in [2.24, 2.45) is 10.7 Å². The van der Waals surface area contributed by atoms with Crippen LogP contribution in [0.4, 0.5) is 0 Å². The molecule has 0 fully saturated rings. The van der Waals surface area contributed by atoms with E-state index in [0.717, 1.165) is 10.9 Å². The minimum atomic E-state index is -1.26. The van der Waals surface area contributed by atoms with E-state index in [2.05, 4.69) is 10.3 Å². The van der Waals surface area contributed by atoms with E-state index in [1.807, 2.05) is 26.0 Å². The molecule has 11 heteroatoms. The number of hydrogen-bond acceptors (Lipinski definition) is 6. The van der Waals surface area contributed by atoms with E-state index in [1.54, 1.807) is 29.4 Å². The van der Waals surface area contributed by atoms with Crippen LogP contribution in [0.1, 0.15) is 52.1 Å². The molecule has 2 amide bonds. The Morgan fingerprint density at radius 1 is 1.24 bits per heavy atom. The Labute approximate surface area is 229 Å². The van der Waals surface area contributed by atoms with Crippen molar-refractivity contribution in [1.29, 1.82) is 0 Å². The number of carboxylic acid groups (broad SMARTS) is 1. The smallest absolute Gasteiger partial charge is 0.326 e. The summed E-state index contributed by atoms with van der Waals surface area (Å²) < 4.78 is 5.41. The van der Waals surface area contributed by atoms with Gasteiger partial charge in [0.1, 0.15) is 11.6 Å². The molecule has 0 aliphatic carbocycles. The lowest BCUT2D eigenvalue weighted by atomic mass is 9.95. The third-order valence-electron chi connectivity index (χ3n) is 6.31. The first-order valence-corrected chi connectivity index (χ1v) is 12.9. The summed E-state index contributed by atoms with van der Waals surface area (Å²) >= 11 is 13.1. The molecule has 3 aromatic rings. The third kappa shape index (κ3) is 6.01. The summed E-state index contributed by atoms with van der Waals surface area (Å²) in [6.45, 7) is 4.38. The van der Waals surface area contributed by atoms with Crippen molar-refractivity contribution in [1.82, 2.24) is 10.2 Å². The van der Waals surface area contributed by atoms with E-state index >= 15 is 0 Å². The number of nitrogens with zero attached hydrogens (tertiary/aromatic N) is 2. The second-order valence-corrected chi connectivity index (χ2v) is 10.3. The van der Waals surface area contributed by atoms with Crippen LogP contribution in [0.3, 0.4) is 0 Å². The zero-order valence-corrected chi connectivity index (χ0v) is 22.4. The summed E-state index contributed by atoms with van der Waals surface area (Å²) in [5.74, 6) is -2.11. The zero-order chi connectivity index (χ0) is 27.6. The van der Waals surface area contributed by atoms with Crippen LogP contribution in [0.5, 0.6) is 0 Å². The highest BCUT2D eigenvalue weighted by Gasteiger charge is 2.30. The molecule has 4 N–H and O–H groups in total. The fraction of sp³-hybridized carbons (Fsp3) is 0.333. The first kappa shape index (κ1) is 27.6. The molecule has 1 aliphatic heterocycles. The summed E-state index contributed by atoms with van der Waals surface area (Å²) in [7, 11) is 0. The van der Waals surface area contributed by atoms with Gasteiger partial charge in [0.2, 0.25) is 0 Å². The maximum atomic E-state index is 13.2. The van der Waals surface area contributed by atoms with E-state index < -0.39 is 24.0 Å². The molecule has 1 aliphatic rings. The molecule has 0 bridgehead atoms. The van der Waals surface area contributed by atoms with Gasteiger partial charge < -0.3 is 25.5 Å². The quantitative estimate of drug-likeness (QED) is 0.352. The first-order chi connectivity index (χ1) is 18.0. The highest BCUT2D eigenvalue weighted by Crippen LogP contribution is 2.35. The largest absolute Gasteiger partial charge is 0.480 e. The molecule has 0 saturated heterocycles. The van der Waals surface area contributed by atoms with Crippen LogP contribution < -0.4 is 11.1 Å². The molecular weight excluding hydrogens is 531 g/mol. The average molecular weight is 559 g/mol. The number of nitrogens with one attached hydrogen (secondary N) is 1. The number of carbonyl (C=O) groups excluding carboxylic acids is 2. The lowest BCUT2D eigenvalue weighted by Gasteiger charge is -2.30. The SMILES string of the molecule is CC(C)/N=C/C(N)C[C@H](NC(=O)c1c(Cl)cc2c(c1Cl)CCN(C(=O)c1ccc3ccoc3c1)C2)C(=O)O. The second kappa shape index (κ2) is 11.6. The highest BCUT2D eigenvalue weighted by molar-refractivity contribution is 6.40. The molecule has 0 saturated carbocycles. The maximum Gasteiger partial charge on any atom is 0.326 e. The summed E-state index contributed by atoms with van der Waals surface area (Å²) in [5.41, 5.74) is 8.51. The Morgan fingerprint density at radius 2 is 2.00 bits per heavy atom. The van der Waals surface area contributed by atoms with Gasteiger partial charge in [-0.15, -0.1) is 0 Å². The molecule has 1 unspecified atom stereocenters. The molecule has 200 valence electrons. The molecule has 0 radical (unpaired) electrons. The van der Waals surface area contributed by atoms with E-state index in [9.17, 15) is 19.5 Å². The van der Waals surface area contributed by atoms with E-state index in [0.29, 0.717) is 29.7 Å². The number of nitrogens with two attached hydrogens (primary N) is 1. The van der Waals surface area contributed by atoms with Crippen molar-refractivity contribution in [2.45, 2.75) is 51.4 Å². The van der Waals surface area contributed by atoms with Crippen molar-refractivity contribution < 1.29 is 23.9 Å². The van der Waals surface area contributed by atoms with E-state index in [1.165, 1.54) is 6.21 Å². The van der Waals surface area contributed by atoms with Gasteiger partial charge in [0.05, 0.1) is 21.9 Å². The summed E-state index contributed by atoms with van der Waals surface area (Å²) in [6, 6.07) is 6.80. The molecule has 38 heavy (non-hydrogen) atoms. The zero-order valence-electron chi connectivity index (χ0n) is 20.9. The number of fused-ring (bicyclic) bond motifs is 2. The Bertz CT molecular complexity index is 1420. The summed E-state index contributed by atoms with van der Waals surface area (Å²) in [5, 5.41) is 13.2. The van der Waals surface area contributed by atoms with Gasteiger partial charge in [-0.25, -0.2) is 4.79 Å². The van der Waals surface area contributed by atoms with Gasteiger partial charge in [0.15, 0.2) is 0 Å². The number of halogens is 2. The number of benzene rings is 2. The molecule has 2 aromatic carbocycles. The fourth-order valence-electron chi connectivity index (χ4n) is 4.37. The Kier molecular flexibility index (Phi) is 8.40.